The maximum Gasteiger partial charge on any atom is 0.418 e. The van der Waals surface area contributed by atoms with E-state index in [9.17, 15) is 18.0 Å². The molecule has 5 heteroatoms. The lowest BCUT2D eigenvalue weighted by atomic mass is 10.0. The van der Waals surface area contributed by atoms with Crippen molar-refractivity contribution < 1.29 is 13.2 Å². The van der Waals surface area contributed by atoms with Gasteiger partial charge in [-0.2, -0.15) is 13.2 Å². The summed E-state index contributed by atoms with van der Waals surface area (Å²) in [6.45, 7) is 1.61. The zero-order valence-corrected chi connectivity index (χ0v) is 8.35. The lowest BCUT2D eigenvalue weighted by molar-refractivity contribution is -0.136. The van der Waals surface area contributed by atoms with Crippen LogP contribution in [0.2, 0.25) is 0 Å². The van der Waals surface area contributed by atoms with Crippen molar-refractivity contribution in [2.45, 2.75) is 13.1 Å². The molecule has 0 saturated carbocycles. The van der Waals surface area contributed by atoms with Crippen LogP contribution in [-0.4, -0.2) is 4.98 Å². The van der Waals surface area contributed by atoms with Crippen molar-refractivity contribution in [1.29, 1.82) is 0 Å². The molecule has 2 aromatic rings. The van der Waals surface area contributed by atoms with Crippen LogP contribution in [0, 0.1) is 6.92 Å². The molecule has 0 bridgehead atoms. The molecule has 0 amide bonds. The second kappa shape index (κ2) is 3.37. The highest BCUT2D eigenvalue weighted by Crippen LogP contribution is 2.33. The molecule has 0 spiro atoms. The van der Waals surface area contributed by atoms with E-state index in [4.69, 9.17) is 0 Å². The van der Waals surface area contributed by atoms with Crippen LogP contribution in [0.25, 0.3) is 10.8 Å². The van der Waals surface area contributed by atoms with Gasteiger partial charge in [0.15, 0.2) is 0 Å². The first-order valence-electron chi connectivity index (χ1n) is 4.59. The molecule has 0 aliphatic heterocycles. The van der Waals surface area contributed by atoms with Crippen LogP contribution < -0.4 is 5.56 Å². The largest absolute Gasteiger partial charge is 0.418 e. The number of hydrogen-bond donors (Lipinski definition) is 1. The average Bonchev–Trinajstić information content (AvgIpc) is 2.16. The summed E-state index contributed by atoms with van der Waals surface area (Å²) in [5.41, 5.74) is -0.781. The maximum absolute atomic E-state index is 12.7. The van der Waals surface area contributed by atoms with Crippen molar-refractivity contribution >= 4 is 10.8 Å². The van der Waals surface area contributed by atoms with E-state index in [0.717, 1.165) is 0 Å². The van der Waals surface area contributed by atoms with Crippen molar-refractivity contribution in [3.05, 3.63) is 45.9 Å². The number of benzene rings is 1. The number of hydrogen-bond acceptors (Lipinski definition) is 1. The molecule has 1 N–H and O–H groups in total. The Morgan fingerprint density at radius 1 is 1.25 bits per heavy atom. The molecule has 1 aromatic carbocycles. The van der Waals surface area contributed by atoms with Crippen LogP contribution in [0.3, 0.4) is 0 Å². The lowest BCUT2D eigenvalue weighted by Gasteiger charge is -2.10. The lowest BCUT2D eigenvalue weighted by Crippen LogP contribution is -2.14. The van der Waals surface area contributed by atoms with Crippen LogP contribution in [0.1, 0.15) is 11.1 Å². The third kappa shape index (κ3) is 1.58. The van der Waals surface area contributed by atoms with Gasteiger partial charge in [-0.05, 0) is 12.5 Å². The summed E-state index contributed by atoms with van der Waals surface area (Å²) in [5, 5.41) is 0.0357. The van der Waals surface area contributed by atoms with Gasteiger partial charge >= 0.3 is 6.18 Å². The highest BCUT2D eigenvalue weighted by molar-refractivity contribution is 5.87. The molecule has 0 saturated heterocycles. The second-order valence-corrected chi connectivity index (χ2v) is 3.53. The number of nitrogens with one attached hydrogen (secondary N) is 1. The number of fused-ring (bicyclic) bond motifs is 1. The Hall–Kier alpha value is -1.78. The van der Waals surface area contributed by atoms with Gasteiger partial charge in [-0.3, -0.25) is 4.79 Å². The van der Waals surface area contributed by atoms with E-state index >= 15 is 0 Å². The molecule has 2 nitrogen and oxygen atoms in total. The molecular weight excluding hydrogens is 219 g/mol. The first kappa shape index (κ1) is 10.7. The Morgan fingerprint density at radius 2 is 1.94 bits per heavy atom. The fourth-order valence-electron chi connectivity index (χ4n) is 1.72. The van der Waals surface area contributed by atoms with Gasteiger partial charge in [0.25, 0.3) is 5.56 Å². The quantitative estimate of drug-likeness (QED) is 0.737. The Morgan fingerprint density at radius 3 is 2.56 bits per heavy atom. The molecule has 84 valence electrons. The van der Waals surface area contributed by atoms with E-state index in [1.165, 1.54) is 12.1 Å². The summed E-state index contributed by atoms with van der Waals surface area (Å²) >= 11 is 0. The van der Waals surface area contributed by atoms with Crippen molar-refractivity contribution in [3.63, 3.8) is 0 Å². The Labute approximate surface area is 88.7 Å². The molecule has 1 heterocycles. The van der Waals surface area contributed by atoms with E-state index < -0.39 is 17.3 Å². The van der Waals surface area contributed by atoms with E-state index in [1.54, 1.807) is 13.0 Å². The van der Waals surface area contributed by atoms with Gasteiger partial charge in [-0.25, -0.2) is 0 Å². The maximum atomic E-state index is 12.7. The van der Waals surface area contributed by atoms with Crippen molar-refractivity contribution in [3.8, 4) is 0 Å². The molecule has 0 radical (unpaired) electrons. The van der Waals surface area contributed by atoms with Gasteiger partial charge in [-0.15, -0.1) is 0 Å². The molecule has 0 atom stereocenters. The Bertz CT molecular complexity index is 598. The molecule has 0 aliphatic carbocycles. The Balaban J connectivity index is 2.96. The molecular formula is C11H8F3NO. The topological polar surface area (TPSA) is 32.9 Å². The van der Waals surface area contributed by atoms with Crippen molar-refractivity contribution in [2.24, 2.45) is 0 Å². The van der Waals surface area contributed by atoms with Crippen LogP contribution in [0.5, 0.6) is 0 Å². The third-order valence-electron chi connectivity index (χ3n) is 2.44. The molecule has 2 rings (SSSR count). The summed E-state index contributed by atoms with van der Waals surface area (Å²) in [4.78, 5) is 13.6. The van der Waals surface area contributed by atoms with Gasteiger partial charge in [0.05, 0.1) is 10.9 Å². The van der Waals surface area contributed by atoms with Crippen LogP contribution in [0.4, 0.5) is 13.2 Å². The van der Waals surface area contributed by atoms with E-state index in [0.29, 0.717) is 11.8 Å². The third-order valence-corrected chi connectivity index (χ3v) is 2.44. The van der Waals surface area contributed by atoms with Gasteiger partial charge in [0.2, 0.25) is 0 Å². The average molecular weight is 227 g/mol. The number of aromatic nitrogens is 1. The SMILES string of the molecule is Cc1cccc2c(C(F)(F)F)c[nH]c(=O)c12. The minimum Gasteiger partial charge on any atom is -0.328 e. The number of alkyl halides is 3. The Kier molecular flexibility index (Phi) is 2.26. The predicted molar refractivity (Wildman–Crippen MR) is 54.3 cm³/mol. The minimum atomic E-state index is -4.46. The number of aromatic amines is 1. The minimum absolute atomic E-state index is 0.0590. The standard InChI is InChI=1S/C11H8F3NO/c1-6-3-2-4-7-8(11(12,13)14)5-15-10(16)9(6)7/h2-5H,1H3,(H,15,16). The fourth-order valence-corrected chi connectivity index (χ4v) is 1.72. The van der Waals surface area contributed by atoms with Gasteiger partial charge in [-0.1, -0.05) is 18.2 Å². The molecule has 0 aliphatic rings. The summed E-state index contributed by atoms with van der Waals surface area (Å²) in [5.74, 6) is 0. The second-order valence-electron chi connectivity index (χ2n) is 3.53. The normalized spacial score (nSPS) is 12.0. The number of rotatable bonds is 0. The van der Waals surface area contributed by atoms with Gasteiger partial charge < -0.3 is 4.98 Å². The monoisotopic (exact) mass is 227 g/mol. The summed E-state index contributed by atoms with van der Waals surface area (Å²) in [6.07, 6.45) is -3.75. The molecule has 1 aromatic heterocycles. The fraction of sp³-hybridized carbons (Fsp3) is 0.182. The van der Waals surface area contributed by atoms with Crippen molar-refractivity contribution in [1.82, 2.24) is 4.98 Å². The zero-order chi connectivity index (χ0) is 11.9. The summed E-state index contributed by atoms with van der Waals surface area (Å²) < 4.78 is 38.0. The number of aryl methyl sites for hydroxylation is 1. The van der Waals surface area contributed by atoms with Crippen LogP contribution in [0.15, 0.2) is 29.2 Å². The first-order chi connectivity index (χ1) is 7.41. The summed E-state index contributed by atoms with van der Waals surface area (Å²) in [7, 11) is 0. The molecule has 0 fully saturated rings. The highest BCUT2D eigenvalue weighted by atomic mass is 19.4. The smallest absolute Gasteiger partial charge is 0.328 e. The predicted octanol–water partition coefficient (Wildman–Crippen LogP) is 2.86. The number of H-pyrrole nitrogens is 1. The van der Waals surface area contributed by atoms with E-state index in [2.05, 4.69) is 4.98 Å². The van der Waals surface area contributed by atoms with E-state index in [1.807, 2.05) is 0 Å². The number of pyridine rings is 1. The first-order valence-corrected chi connectivity index (χ1v) is 4.59. The van der Waals surface area contributed by atoms with Crippen LogP contribution in [-0.2, 0) is 6.18 Å². The van der Waals surface area contributed by atoms with Gasteiger partial charge in [0.1, 0.15) is 0 Å². The molecule has 0 unspecified atom stereocenters. The number of halogens is 3. The van der Waals surface area contributed by atoms with Crippen molar-refractivity contribution in [2.75, 3.05) is 0 Å². The van der Waals surface area contributed by atoms with Crippen LogP contribution >= 0.6 is 0 Å². The highest BCUT2D eigenvalue weighted by Gasteiger charge is 2.33. The van der Waals surface area contributed by atoms with Gasteiger partial charge in [0, 0.05) is 11.6 Å². The van der Waals surface area contributed by atoms with E-state index in [-0.39, 0.29) is 10.8 Å². The molecule has 16 heavy (non-hydrogen) atoms. The summed E-state index contributed by atoms with van der Waals surface area (Å²) in [6, 6.07) is 4.42. The zero-order valence-electron chi connectivity index (χ0n) is 8.35.